The molecule has 0 aliphatic rings. The molecule has 0 fully saturated rings. The highest BCUT2D eigenvalue weighted by molar-refractivity contribution is 7.80. The van der Waals surface area contributed by atoms with E-state index in [0.717, 1.165) is 11.1 Å². The van der Waals surface area contributed by atoms with Gasteiger partial charge in [-0.15, -0.1) is 0 Å². The fourth-order valence-corrected chi connectivity index (χ4v) is 2.20. The molecule has 0 radical (unpaired) electrons. The third-order valence-corrected chi connectivity index (χ3v) is 3.24. The standard InChI is InChI=1S/C16H12FNOS/c1-10-2-4-12(5-3-10)15-14(18-16(20)19-15)11-6-8-13(17)9-7-11/h2-9H,1H3,(H,18,20). The topological polar surface area (TPSA) is 26.0 Å². The van der Waals surface area contributed by atoms with Crippen LogP contribution in [0, 0.1) is 12.7 Å². The summed E-state index contributed by atoms with van der Waals surface area (Å²) in [5.74, 6) is 0.363. The Balaban J connectivity index is 2.12. The van der Waals surface area contributed by atoms with Crippen LogP contribution in [0.4, 0.5) is 4.39 Å². The van der Waals surface area contributed by atoms with Crippen LogP contribution < -0.4 is 0 Å². The predicted octanol–water partition coefficient (Wildman–Crippen LogP) is 4.74. The van der Waals surface area contributed by atoms with Crippen LogP contribution in [0.2, 0.25) is 0 Å². The van der Waals surface area contributed by atoms with Gasteiger partial charge in [0.15, 0.2) is 5.76 Å². The molecule has 0 N–H and O–H groups in total. The number of benzene rings is 2. The van der Waals surface area contributed by atoms with Crippen LogP contribution >= 0.6 is 12.6 Å². The van der Waals surface area contributed by atoms with Crippen molar-refractivity contribution in [3.63, 3.8) is 0 Å². The molecule has 1 aromatic heterocycles. The average molecular weight is 285 g/mol. The first-order valence-corrected chi connectivity index (χ1v) is 6.61. The van der Waals surface area contributed by atoms with Gasteiger partial charge in [0.2, 0.25) is 0 Å². The monoisotopic (exact) mass is 285 g/mol. The number of aryl methyl sites for hydroxylation is 1. The molecule has 0 saturated carbocycles. The highest BCUT2D eigenvalue weighted by atomic mass is 32.1. The Labute approximate surface area is 121 Å². The van der Waals surface area contributed by atoms with Crippen molar-refractivity contribution < 1.29 is 8.81 Å². The number of nitrogens with zero attached hydrogens (tertiary/aromatic N) is 1. The summed E-state index contributed by atoms with van der Waals surface area (Å²) in [5.41, 5.74) is 3.55. The third kappa shape index (κ3) is 2.47. The molecular weight excluding hydrogens is 273 g/mol. The first-order valence-electron chi connectivity index (χ1n) is 6.16. The second-order valence-corrected chi connectivity index (χ2v) is 4.93. The zero-order valence-electron chi connectivity index (χ0n) is 10.8. The van der Waals surface area contributed by atoms with Gasteiger partial charge in [0, 0.05) is 11.1 Å². The summed E-state index contributed by atoms with van der Waals surface area (Å²) in [6.07, 6.45) is 0. The van der Waals surface area contributed by atoms with Crippen molar-refractivity contribution in [1.82, 2.24) is 4.98 Å². The molecule has 4 heteroatoms. The van der Waals surface area contributed by atoms with Crippen molar-refractivity contribution in [2.75, 3.05) is 0 Å². The molecule has 20 heavy (non-hydrogen) atoms. The maximum Gasteiger partial charge on any atom is 0.253 e. The molecule has 0 spiro atoms. The Bertz CT molecular complexity index is 669. The lowest BCUT2D eigenvalue weighted by Crippen LogP contribution is -1.83. The zero-order chi connectivity index (χ0) is 14.1. The van der Waals surface area contributed by atoms with E-state index in [9.17, 15) is 4.39 Å². The summed E-state index contributed by atoms with van der Waals surface area (Å²) in [4.78, 5) is 4.28. The summed E-state index contributed by atoms with van der Waals surface area (Å²) < 4.78 is 18.6. The molecule has 0 unspecified atom stereocenters. The van der Waals surface area contributed by atoms with Gasteiger partial charge in [-0.2, -0.15) is 0 Å². The van der Waals surface area contributed by atoms with Crippen molar-refractivity contribution in [2.24, 2.45) is 0 Å². The largest absolute Gasteiger partial charge is 0.431 e. The fraction of sp³-hybridized carbons (Fsp3) is 0.0625. The van der Waals surface area contributed by atoms with Crippen molar-refractivity contribution in [3.05, 3.63) is 59.9 Å². The van der Waals surface area contributed by atoms with E-state index in [2.05, 4.69) is 17.6 Å². The van der Waals surface area contributed by atoms with Crippen LogP contribution in [-0.2, 0) is 0 Å². The summed E-state index contributed by atoms with van der Waals surface area (Å²) in [6, 6.07) is 14.1. The normalized spacial score (nSPS) is 10.8. The second-order valence-electron chi connectivity index (χ2n) is 4.55. The molecule has 0 amide bonds. The van der Waals surface area contributed by atoms with Gasteiger partial charge >= 0.3 is 0 Å². The van der Waals surface area contributed by atoms with E-state index >= 15 is 0 Å². The highest BCUT2D eigenvalue weighted by Gasteiger charge is 2.15. The van der Waals surface area contributed by atoms with E-state index in [4.69, 9.17) is 4.42 Å². The van der Waals surface area contributed by atoms with Crippen LogP contribution in [0.3, 0.4) is 0 Å². The minimum absolute atomic E-state index is 0.278. The van der Waals surface area contributed by atoms with E-state index in [0.29, 0.717) is 16.7 Å². The van der Waals surface area contributed by atoms with Crippen molar-refractivity contribution >= 4 is 12.6 Å². The Kier molecular flexibility index (Phi) is 3.32. The zero-order valence-corrected chi connectivity index (χ0v) is 11.7. The molecule has 3 aromatic rings. The lowest BCUT2D eigenvalue weighted by Gasteiger charge is -2.02. The number of thiol groups is 1. The molecule has 2 nitrogen and oxygen atoms in total. The van der Waals surface area contributed by atoms with E-state index < -0.39 is 0 Å². The smallest absolute Gasteiger partial charge is 0.253 e. The first kappa shape index (κ1) is 12.9. The molecule has 0 aliphatic carbocycles. The number of rotatable bonds is 2. The van der Waals surface area contributed by atoms with Gasteiger partial charge in [0.25, 0.3) is 5.22 Å². The summed E-state index contributed by atoms with van der Waals surface area (Å²) in [5, 5.41) is 0.292. The Morgan fingerprint density at radius 2 is 1.55 bits per heavy atom. The van der Waals surface area contributed by atoms with Gasteiger partial charge in [-0.25, -0.2) is 9.37 Å². The Morgan fingerprint density at radius 1 is 0.950 bits per heavy atom. The molecule has 2 aromatic carbocycles. The van der Waals surface area contributed by atoms with Crippen LogP contribution in [-0.4, -0.2) is 4.98 Å². The molecule has 1 heterocycles. The average Bonchev–Trinajstić information content (AvgIpc) is 2.82. The number of aromatic nitrogens is 1. The number of oxazole rings is 1. The quantitative estimate of drug-likeness (QED) is 0.688. The van der Waals surface area contributed by atoms with E-state index in [1.807, 2.05) is 31.2 Å². The van der Waals surface area contributed by atoms with E-state index in [-0.39, 0.29) is 5.82 Å². The number of hydrogen-bond donors (Lipinski definition) is 1. The summed E-state index contributed by atoms with van der Waals surface area (Å²) in [6.45, 7) is 2.02. The lowest BCUT2D eigenvalue weighted by atomic mass is 10.0. The van der Waals surface area contributed by atoms with Crippen LogP contribution in [0.25, 0.3) is 22.6 Å². The van der Waals surface area contributed by atoms with Crippen molar-refractivity contribution in [3.8, 4) is 22.6 Å². The minimum atomic E-state index is -0.278. The van der Waals surface area contributed by atoms with Gasteiger partial charge in [-0.3, -0.25) is 0 Å². The van der Waals surface area contributed by atoms with E-state index in [1.54, 1.807) is 12.1 Å². The van der Waals surface area contributed by atoms with Crippen LogP contribution in [0.5, 0.6) is 0 Å². The van der Waals surface area contributed by atoms with Gasteiger partial charge in [-0.1, -0.05) is 42.5 Å². The van der Waals surface area contributed by atoms with E-state index in [1.165, 1.54) is 17.7 Å². The molecule has 3 rings (SSSR count). The Morgan fingerprint density at radius 3 is 2.20 bits per heavy atom. The number of halogens is 1. The highest BCUT2D eigenvalue weighted by Crippen LogP contribution is 2.33. The molecule has 100 valence electrons. The minimum Gasteiger partial charge on any atom is -0.431 e. The van der Waals surface area contributed by atoms with Gasteiger partial charge < -0.3 is 4.42 Å². The molecule has 0 aliphatic heterocycles. The van der Waals surface area contributed by atoms with Crippen molar-refractivity contribution in [1.29, 1.82) is 0 Å². The maximum atomic E-state index is 13.0. The van der Waals surface area contributed by atoms with Crippen molar-refractivity contribution in [2.45, 2.75) is 12.1 Å². The van der Waals surface area contributed by atoms with Gasteiger partial charge in [0.05, 0.1) is 0 Å². The lowest BCUT2D eigenvalue weighted by molar-refractivity contribution is 0.468. The third-order valence-electron chi connectivity index (χ3n) is 3.05. The molecule has 0 atom stereocenters. The Hall–Kier alpha value is -2.07. The van der Waals surface area contributed by atoms with Crippen LogP contribution in [0.1, 0.15) is 5.56 Å². The number of hydrogen-bond acceptors (Lipinski definition) is 3. The maximum absolute atomic E-state index is 13.0. The molecule has 0 bridgehead atoms. The fourth-order valence-electron chi connectivity index (χ4n) is 2.01. The molecule has 0 saturated heterocycles. The van der Waals surface area contributed by atoms with Gasteiger partial charge in [0.1, 0.15) is 11.5 Å². The molecular formula is C16H12FNOS. The summed E-state index contributed by atoms with van der Waals surface area (Å²) in [7, 11) is 0. The SMILES string of the molecule is Cc1ccc(-c2oc(S)nc2-c2ccc(F)cc2)cc1. The first-order chi connectivity index (χ1) is 9.63. The summed E-state index contributed by atoms with van der Waals surface area (Å²) >= 11 is 4.16. The second kappa shape index (κ2) is 5.13. The van der Waals surface area contributed by atoms with Gasteiger partial charge in [-0.05, 0) is 31.2 Å². The predicted molar refractivity (Wildman–Crippen MR) is 79.3 cm³/mol. The van der Waals surface area contributed by atoms with Crippen LogP contribution in [0.15, 0.2) is 58.2 Å².